The zero-order chi connectivity index (χ0) is 16.6. The molecule has 1 aromatic carbocycles. The zero-order valence-electron chi connectivity index (χ0n) is 13.5. The fourth-order valence-corrected chi connectivity index (χ4v) is 3.24. The number of likely N-dealkylation sites (tertiary alicyclic amines) is 1. The lowest BCUT2D eigenvalue weighted by Crippen LogP contribution is -2.52. The summed E-state index contributed by atoms with van der Waals surface area (Å²) in [6.45, 7) is 1.64. The predicted octanol–water partition coefficient (Wildman–Crippen LogP) is 2.83. The van der Waals surface area contributed by atoms with E-state index in [1.165, 1.54) is 12.5 Å². The molecule has 0 N–H and O–H groups in total. The van der Waals surface area contributed by atoms with Crippen LogP contribution in [0.15, 0.2) is 41.2 Å². The van der Waals surface area contributed by atoms with Crippen LogP contribution in [0.2, 0.25) is 0 Å². The number of hydrogen-bond acceptors (Lipinski definition) is 5. The summed E-state index contributed by atoms with van der Waals surface area (Å²) < 4.78 is 22.6. The maximum absolute atomic E-state index is 12.4. The molecule has 0 bridgehead atoms. The van der Waals surface area contributed by atoms with E-state index in [0.717, 1.165) is 11.3 Å². The molecular formula is C18H19NO5. The van der Waals surface area contributed by atoms with E-state index in [0.29, 0.717) is 43.9 Å². The molecule has 2 aromatic rings. The second-order valence-corrected chi connectivity index (χ2v) is 6.05. The first-order chi connectivity index (χ1) is 11.7. The number of rotatable bonds is 2. The summed E-state index contributed by atoms with van der Waals surface area (Å²) in [5.74, 6) is 0.759. The third-order valence-corrected chi connectivity index (χ3v) is 4.64. The van der Waals surface area contributed by atoms with Crippen LogP contribution in [-0.4, -0.2) is 36.8 Å². The molecule has 0 unspecified atom stereocenters. The summed E-state index contributed by atoms with van der Waals surface area (Å²) in [5.41, 5.74) is 1.56. The van der Waals surface area contributed by atoms with Crippen molar-refractivity contribution in [3.05, 3.63) is 47.9 Å². The van der Waals surface area contributed by atoms with Gasteiger partial charge in [0.25, 0.3) is 5.91 Å². The highest BCUT2D eigenvalue weighted by atomic mass is 16.7. The lowest BCUT2D eigenvalue weighted by molar-refractivity contribution is -0.226. The van der Waals surface area contributed by atoms with Crippen molar-refractivity contribution in [2.45, 2.75) is 25.2 Å². The lowest BCUT2D eigenvalue weighted by Gasteiger charge is -2.44. The molecule has 126 valence electrons. The Kier molecular flexibility index (Phi) is 3.69. The van der Waals surface area contributed by atoms with Crippen LogP contribution in [0.4, 0.5) is 0 Å². The van der Waals surface area contributed by atoms with Crippen LogP contribution in [0.5, 0.6) is 11.5 Å². The maximum atomic E-state index is 12.4. The number of ether oxygens (including phenoxy) is 3. The molecule has 4 rings (SSSR count). The number of amides is 1. The van der Waals surface area contributed by atoms with Crippen LogP contribution in [-0.2, 0) is 11.3 Å². The minimum Gasteiger partial charge on any atom is -0.493 e. The normalized spacial score (nSPS) is 18.8. The van der Waals surface area contributed by atoms with E-state index >= 15 is 0 Å². The molecule has 0 atom stereocenters. The van der Waals surface area contributed by atoms with Gasteiger partial charge in [-0.25, -0.2) is 0 Å². The van der Waals surface area contributed by atoms with E-state index in [1.807, 2.05) is 18.2 Å². The smallest absolute Gasteiger partial charge is 0.257 e. The third-order valence-electron chi connectivity index (χ3n) is 4.64. The zero-order valence-corrected chi connectivity index (χ0v) is 13.5. The fourth-order valence-electron chi connectivity index (χ4n) is 3.24. The number of carbonyl (C=O) groups excluding carboxylic acids is 1. The van der Waals surface area contributed by atoms with Gasteiger partial charge in [-0.15, -0.1) is 0 Å². The van der Waals surface area contributed by atoms with Crippen molar-refractivity contribution in [3.8, 4) is 11.5 Å². The van der Waals surface area contributed by atoms with Crippen LogP contribution >= 0.6 is 0 Å². The molecule has 1 spiro atoms. The van der Waals surface area contributed by atoms with Crippen molar-refractivity contribution in [1.82, 2.24) is 4.90 Å². The number of benzene rings is 1. The molecule has 0 aliphatic carbocycles. The Balaban J connectivity index is 1.48. The molecule has 2 aliphatic heterocycles. The number of piperidine rings is 1. The van der Waals surface area contributed by atoms with Crippen molar-refractivity contribution < 1.29 is 23.4 Å². The van der Waals surface area contributed by atoms with Crippen LogP contribution in [0.1, 0.15) is 28.8 Å². The van der Waals surface area contributed by atoms with Crippen LogP contribution in [0.3, 0.4) is 0 Å². The molecular weight excluding hydrogens is 310 g/mol. The Morgan fingerprint density at radius 3 is 2.79 bits per heavy atom. The minimum atomic E-state index is -0.686. The number of fused-ring (bicyclic) bond motifs is 1. The van der Waals surface area contributed by atoms with E-state index in [1.54, 1.807) is 18.1 Å². The summed E-state index contributed by atoms with van der Waals surface area (Å²) in [6.07, 6.45) is 4.22. The molecule has 0 radical (unpaired) electrons. The van der Waals surface area contributed by atoms with Gasteiger partial charge in [-0.1, -0.05) is 12.1 Å². The Bertz CT molecular complexity index is 718. The van der Waals surface area contributed by atoms with Gasteiger partial charge in [-0.2, -0.15) is 0 Å². The SMILES string of the molecule is COc1cccc2c1OC1(CCN(C(=O)c3ccoc3)CC1)OC2. The van der Waals surface area contributed by atoms with Crippen molar-refractivity contribution in [3.63, 3.8) is 0 Å². The Hall–Kier alpha value is -2.47. The first kappa shape index (κ1) is 15.1. The highest BCUT2D eigenvalue weighted by molar-refractivity contribution is 5.93. The van der Waals surface area contributed by atoms with Gasteiger partial charge in [0.2, 0.25) is 5.79 Å². The molecule has 0 saturated carbocycles. The molecule has 1 saturated heterocycles. The summed E-state index contributed by atoms with van der Waals surface area (Å²) >= 11 is 0. The van der Waals surface area contributed by atoms with Gasteiger partial charge < -0.3 is 23.5 Å². The molecule has 6 nitrogen and oxygen atoms in total. The number of hydrogen-bond donors (Lipinski definition) is 0. The quantitative estimate of drug-likeness (QED) is 0.848. The number of furan rings is 1. The number of carbonyl (C=O) groups is 1. The predicted molar refractivity (Wildman–Crippen MR) is 85.0 cm³/mol. The Morgan fingerprint density at radius 2 is 2.08 bits per heavy atom. The molecule has 3 heterocycles. The standard InChI is InChI=1S/C18H19NO5/c1-21-15-4-2-3-13-12-23-18(24-16(13)15)6-8-19(9-7-18)17(20)14-5-10-22-11-14/h2-5,10-11H,6-9,12H2,1H3. The van der Waals surface area contributed by atoms with Crippen LogP contribution in [0, 0.1) is 0 Å². The third kappa shape index (κ3) is 2.53. The Labute approximate surface area is 139 Å². The second kappa shape index (κ2) is 5.87. The van der Waals surface area contributed by atoms with Crippen molar-refractivity contribution in [2.24, 2.45) is 0 Å². The summed E-state index contributed by atoms with van der Waals surface area (Å²) in [6, 6.07) is 7.47. The first-order valence-electron chi connectivity index (χ1n) is 8.01. The Morgan fingerprint density at radius 1 is 1.25 bits per heavy atom. The highest BCUT2D eigenvalue weighted by Gasteiger charge is 2.42. The summed E-state index contributed by atoms with van der Waals surface area (Å²) in [5, 5.41) is 0. The monoisotopic (exact) mass is 329 g/mol. The molecule has 1 amide bonds. The van der Waals surface area contributed by atoms with E-state index in [2.05, 4.69) is 0 Å². The van der Waals surface area contributed by atoms with Gasteiger partial charge in [0.1, 0.15) is 6.26 Å². The van der Waals surface area contributed by atoms with Gasteiger partial charge in [-0.05, 0) is 12.1 Å². The lowest BCUT2D eigenvalue weighted by atomic mass is 10.0. The van der Waals surface area contributed by atoms with E-state index in [-0.39, 0.29) is 5.91 Å². The average Bonchev–Trinajstić information content (AvgIpc) is 3.16. The highest BCUT2D eigenvalue weighted by Crippen LogP contribution is 2.42. The topological polar surface area (TPSA) is 61.1 Å². The second-order valence-electron chi connectivity index (χ2n) is 6.05. The minimum absolute atomic E-state index is 0.0209. The first-order valence-corrected chi connectivity index (χ1v) is 8.01. The molecule has 1 fully saturated rings. The molecule has 2 aliphatic rings. The summed E-state index contributed by atoms with van der Waals surface area (Å²) in [7, 11) is 1.63. The van der Waals surface area contributed by atoms with Crippen molar-refractivity contribution >= 4 is 5.91 Å². The van der Waals surface area contributed by atoms with Gasteiger partial charge in [-0.3, -0.25) is 4.79 Å². The van der Waals surface area contributed by atoms with E-state index < -0.39 is 5.79 Å². The molecule has 1 aromatic heterocycles. The largest absolute Gasteiger partial charge is 0.493 e. The molecule has 24 heavy (non-hydrogen) atoms. The van der Waals surface area contributed by atoms with Gasteiger partial charge in [0, 0.05) is 31.5 Å². The average molecular weight is 329 g/mol. The summed E-state index contributed by atoms with van der Waals surface area (Å²) in [4.78, 5) is 14.2. The maximum Gasteiger partial charge on any atom is 0.257 e. The number of para-hydroxylation sites is 1. The fraction of sp³-hybridized carbons (Fsp3) is 0.389. The molecule has 6 heteroatoms. The van der Waals surface area contributed by atoms with E-state index in [4.69, 9.17) is 18.6 Å². The van der Waals surface area contributed by atoms with Crippen molar-refractivity contribution in [2.75, 3.05) is 20.2 Å². The van der Waals surface area contributed by atoms with Crippen LogP contribution in [0.25, 0.3) is 0 Å². The number of nitrogens with zero attached hydrogens (tertiary/aromatic N) is 1. The van der Waals surface area contributed by atoms with Crippen molar-refractivity contribution in [1.29, 1.82) is 0 Å². The van der Waals surface area contributed by atoms with Gasteiger partial charge in [0.05, 0.1) is 25.5 Å². The van der Waals surface area contributed by atoms with E-state index in [9.17, 15) is 4.79 Å². The van der Waals surface area contributed by atoms with Gasteiger partial charge in [0.15, 0.2) is 11.5 Å². The van der Waals surface area contributed by atoms with Gasteiger partial charge >= 0.3 is 0 Å². The van der Waals surface area contributed by atoms with Crippen LogP contribution < -0.4 is 9.47 Å². The number of methoxy groups -OCH3 is 1.